The Kier molecular flexibility index (Phi) is 3.39. The standard InChI is InChI=1S/C16H14FN3O/c1-2-15-19-13-7-6-12(9-14(13)20-15)18-16(21)10-4-3-5-11(17)8-10/h3-9H,2H2,1H3,(H,18,21)(H,19,20). The highest BCUT2D eigenvalue weighted by Crippen LogP contribution is 2.18. The van der Waals surface area contributed by atoms with Gasteiger partial charge < -0.3 is 10.3 Å². The molecule has 0 saturated heterocycles. The fourth-order valence-corrected chi connectivity index (χ4v) is 2.14. The lowest BCUT2D eigenvalue weighted by Crippen LogP contribution is -2.11. The van der Waals surface area contributed by atoms with Crippen LogP contribution in [0, 0.1) is 5.82 Å². The highest BCUT2D eigenvalue weighted by Gasteiger charge is 2.08. The van der Waals surface area contributed by atoms with Gasteiger partial charge in [-0.2, -0.15) is 0 Å². The number of halogens is 1. The summed E-state index contributed by atoms with van der Waals surface area (Å²) >= 11 is 0. The minimum Gasteiger partial charge on any atom is -0.342 e. The Bertz CT molecular complexity index is 810. The van der Waals surface area contributed by atoms with E-state index < -0.39 is 5.82 Å². The normalized spacial score (nSPS) is 10.8. The number of rotatable bonds is 3. The third kappa shape index (κ3) is 2.76. The predicted octanol–water partition coefficient (Wildman–Crippen LogP) is 3.52. The van der Waals surface area contributed by atoms with Crippen molar-refractivity contribution in [3.8, 4) is 0 Å². The average molecular weight is 283 g/mol. The van der Waals surface area contributed by atoms with E-state index in [2.05, 4.69) is 15.3 Å². The molecule has 0 fully saturated rings. The van der Waals surface area contributed by atoms with Crippen LogP contribution in [-0.4, -0.2) is 15.9 Å². The van der Waals surface area contributed by atoms with Gasteiger partial charge in [-0.25, -0.2) is 9.37 Å². The lowest BCUT2D eigenvalue weighted by atomic mass is 10.2. The van der Waals surface area contributed by atoms with Gasteiger partial charge in [0.2, 0.25) is 0 Å². The molecule has 1 aromatic heterocycles. The van der Waals surface area contributed by atoms with Crippen LogP contribution in [0.3, 0.4) is 0 Å². The molecule has 3 aromatic rings. The lowest BCUT2D eigenvalue weighted by Gasteiger charge is -2.05. The summed E-state index contributed by atoms with van der Waals surface area (Å²) in [6.45, 7) is 2.02. The lowest BCUT2D eigenvalue weighted by molar-refractivity contribution is 0.102. The Labute approximate surface area is 121 Å². The minimum absolute atomic E-state index is 0.286. The van der Waals surface area contributed by atoms with Crippen LogP contribution in [0.15, 0.2) is 42.5 Å². The summed E-state index contributed by atoms with van der Waals surface area (Å²) in [5, 5.41) is 2.75. The number of hydrogen-bond donors (Lipinski definition) is 2. The summed E-state index contributed by atoms with van der Waals surface area (Å²) in [4.78, 5) is 19.6. The van der Waals surface area contributed by atoms with Crippen molar-refractivity contribution in [1.82, 2.24) is 9.97 Å². The third-order valence-electron chi connectivity index (χ3n) is 3.21. The molecule has 0 saturated carbocycles. The number of aromatic amines is 1. The summed E-state index contributed by atoms with van der Waals surface area (Å²) in [5.41, 5.74) is 2.65. The minimum atomic E-state index is -0.431. The Morgan fingerprint density at radius 2 is 2.14 bits per heavy atom. The maximum atomic E-state index is 13.1. The molecule has 4 nitrogen and oxygen atoms in total. The molecule has 0 aliphatic heterocycles. The Hall–Kier alpha value is -2.69. The van der Waals surface area contributed by atoms with Crippen molar-refractivity contribution in [3.05, 3.63) is 59.7 Å². The second kappa shape index (κ2) is 5.36. The monoisotopic (exact) mass is 283 g/mol. The van der Waals surface area contributed by atoms with Crippen LogP contribution in [-0.2, 0) is 6.42 Å². The van der Waals surface area contributed by atoms with Crippen LogP contribution >= 0.6 is 0 Å². The van der Waals surface area contributed by atoms with Gasteiger partial charge in [0.1, 0.15) is 11.6 Å². The van der Waals surface area contributed by atoms with Crippen molar-refractivity contribution in [1.29, 1.82) is 0 Å². The highest BCUT2D eigenvalue weighted by molar-refractivity contribution is 6.04. The van der Waals surface area contributed by atoms with Crippen molar-refractivity contribution in [2.24, 2.45) is 0 Å². The van der Waals surface area contributed by atoms with E-state index >= 15 is 0 Å². The maximum absolute atomic E-state index is 13.1. The number of nitrogens with one attached hydrogen (secondary N) is 2. The van der Waals surface area contributed by atoms with E-state index in [1.165, 1.54) is 18.2 Å². The molecular formula is C16H14FN3O. The molecule has 0 aliphatic rings. The molecule has 0 aliphatic carbocycles. The quantitative estimate of drug-likeness (QED) is 0.772. The largest absolute Gasteiger partial charge is 0.342 e. The molecule has 1 heterocycles. The van der Waals surface area contributed by atoms with Gasteiger partial charge in [0, 0.05) is 17.7 Å². The Morgan fingerprint density at radius 1 is 1.29 bits per heavy atom. The highest BCUT2D eigenvalue weighted by atomic mass is 19.1. The SMILES string of the molecule is CCc1nc2ccc(NC(=O)c3cccc(F)c3)cc2[nH]1. The summed E-state index contributed by atoms with van der Waals surface area (Å²) in [5.74, 6) is 0.127. The zero-order chi connectivity index (χ0) is 14.8. The van der Waals surface area contributed by atoms with Crippen LogP contribution in [0.2, 0.25) is 0 Å². The van der Waals surface area contributed by atoms with Gasteiger partial charge in [-0.3, -0.25) is 4.79 Å². The number of aromatic nitrogens is 2. The van der Waals surface area contributed by atoms with Crippen LogP contribution in [0.25, 0.3) is 11.0 Å². The molecule has 21 heavy (non-hydrogen) atoms. The number of H-pyrrole nitrogens is 1. The van der Waals surface area contributed by atoms with Crippen molar-refractivity contribution in [3.63, 3.8) is 0 Å². The van der Waals surface area contributed by atoms with Crippen LogP contribution in [0.5, 0.6) is 0 Å². The van der Waals surface area contributed by atoms with Gasteiger partial charge >= 0.3 is 0 Å². The van der Waals surface area contributed by atoms with Gasteiger partial charge in [-0.1, -0.05) is 13.0 Å². The molecule has 0 spiro atoms. The van der Waals surface area contributed by atoms with E-state index in [4.69, 9.17) is 0 Å². The fourth-order valence-electron chi connectivity index (χ4n) is 2.14. The van der Waals surface area contributed by atoms with E-state index in [-0.39, 0.29) is 11.5 Å². The predicted molar refractivity (Wildman–Crippen MR) is 79.8 cm³/mol. The number of anilines is 1. The zero-order valence-corrected chi connectivity index (χ0v) is 11.5. The molecule has 2 aromatic carbocycles. The van der Waals surface area contributed by atoms with Gasteiger partial charge in [-0.05, 0) is 36.4 Å². The van der Waals surface area contributed by atoms with Gasteiger partial charge in [0.05, 0.1) is 11.0 Å². The van der Waals surface area contributed by atoms with E-state index in [1.807, 2.05) is 19.1 Å². The van der Waals surface area contributed by atoms with Crippen molar-refractivity contribution >= 4 is 22.6 Å². The van der Waals surface area contributed by atoms with Crippen LogP contribution < -0.4 is 5.32 Å². The number of carbonyl (C=O) groups excluding carboxylic acids is 1. The number of hydrogen-bond acceptors (Lipinski definition) is 2. The average Bonchev–Trinajstić information content (AvgIpc) is 2.89. The van der Waals surface area contributed by atoms with Crippen molar-refractivity contribution in [2.45, 2.75) is 13.3 Å². The Balaban J connectivity index is 1.85. The number of amides is 1. The molecule has 0 radical (unpaired) electrons. The van der Waals surface area contributed by atoms with E-state index in [9.17, 15) is 9.18 Å². The van der Waals surface area contributed by atoms with E-state index in [0.29, 0.717) is 5.69 Å². The molecule has 5 heteroatoms. The molecular weight excluding hydrogens is 269 g/mol. The number of nitrogens with zero attached hydrogens (tertiary/aromatic N) is 1. The Morgan fingerprint density at radius 3 is 2.90 bits per heavy atom. The second-order valence-electron chi connectivity index (χ2n) is 4.73. The van der Waals surface area contributed by atoms with Crippen LogP contribution in [0.1, 0.15) is 23.1 Å². The summed E-state index contributed by atoms with van der Waals surface area (Å²) < 4.78 is 13.1. The van der Waals surface area contributed by atoms with E-state index in [0.717, 1.165) is 23.3 Å². The molecule has 2 N–H and O–H groups in total. The summed E-state index contributed by atoms with van der Waals surface area (Å²) in [6.07, 6.45) is 0.819. The zero-order valence-electron chi connectivity index (χ0n) is 11.5. The molecule has 0 atom stereocenters. The van der Waals surface area contributed by atoms with E-state index in [1.54, 1.807) is 12.1 Å². The number of imidazole rings is 1. The smallest absolute Gasteiger partial charge is 0.255 e. The topological polar surface area (TPSA) is 57.8 Å². The first-order chi connectivity index (χ1) is 10.2. The molecule has 1 amide bonds. The van der Waals surface area contributed by atoms with Crippen molar-refractivity contribution < 1.29 is 9.18 Å². The number of benzene rings is 2. The summed E-state index contributed by atoms with van der Waals surface area (Å²) in [6, 6.07) is 11.0. The molecule has 0 bridgehead atoms. The van der Waals surface area contributed by atoms with Gasteiger partial charge in [-0.15, -0.1) is 0 Å². The molecule has 0 unspecified atom stereocenters. The first-order valence-corrected chi connectivity index (χ1v) is 6.71. The fraction of sp³-hybridized carbons (Fsp3) is 0.125. The molecule has 106 valence electrons. The third-order valence-corrected chi connectivity index (χ3v) is 3.21. The van der Waals surface area contributed by atoms with Gasteiger partial charge in [0.15, 0.2) is 0 Å². The number of aryl methyl sites for hydroxylation is 1. The first-order valence-electron chi connectivity index (χ1n) is 6.71. The maximum Gasteiger partial charge on any atom is 0.255 e. The number of fused-ring (bicyclic) bond motifs is 1. The number of carbonyl (C=O) groups is 1. The van der Waals surface area contributed by atoms with Gasteiger partial charge in [0.25, 0.3) is 5.91 Å². The first kappa shape index (κ1) is 13.3. The molecule has 3 rings (SSSR count). The summed E-state index contributed by atoms with van der Waals surface area (Å²) in [7, 11) is 0. The second-order valence-corrected chi connectivity index (χ2v) is 4.73. The van der Waals surface area contributed by atoms with Crippen LogP contribution in [0.4, 0.5) is 10.1 Å². The van der Waals surface area contributed by atoms with Crippen molar-refractivity contribution in [2.75, 3.05) is 5.32 Å².